The zero-order chi connectivity index (χ0) is 36.2. The molecule has 0 fully saturated rings. The topological polar surface area (TPSA) is 51.6 Å². The molecule has 0 spiro atoms. The maximum absolute atomic E-state index is 5.10. The van der Waals surface area contributed by atoms with E-state index < -0.39 is 0 Å². The van der Waals surface area contributed by atoms with Gasteiger partial charge >= 0.3 is 0 Å². The fourth-order valence-electron chi connectivity index (χ4n) is 7.01. The Bertz CT molecular complexity index is 2430. The minimum Gasteiger partial charge on any atom is -0.228 e. The van der Waals surface area contributed by atoms with Gasteiger partial charge < -0.3 is 0 Å². The highest BCUT2D eigenvalue weighted by Crippen LogP contribution is 2.35. The summed E-state index contributed by atoms with van der Waals surface area (Å²) in [5, 5.41) is 0. The quantitative estimate of drug-likeness (QED) is 0.160. The molecule has 0 N–H and O–H groups in total. The Morgan fingerprint density at radius 2 is 0.962 bits per heavy atom. The van der Waals surface area contributed by atoms with E-state index >= 15 is 0 Å². The van der Waals surface area contributed by atoms with Crippen molar-refractivity contribution in [2.75, 3.05) is 0 Å². The molecule has 0 saturated heterocycles. The van der Waals surface area contributed by atoms with E-state index in [1.165, 1.54) is 16.7 Å². The molecule has 0 atom stereocenters. The Labute approximate surface area is 312 Å². The van der Waals surface area contributed by atoms with Gasteiger partial charge in [-0.2, -0.15) is 0 Å². The molecule has 0 radical (unpaired) electrons. The first-order valence-electron chi connectivity index (χ1n) is 18.5. The van der Waals surface area contributed by atoms with Crippen LogP contribution in [-0.2, 0) is 5.41 Å². The fraction of sp³-hybridized carbons (Fsp3) is 0.143. The molecule has 5 aromatic carbocycles. The molecule has 258 valence electrons. The summed E-state index contributed by atoms with van der Waals surface area (Å²) in [6.07, 6.45) is 10.1. The van der Waals surface area contributed by atoms with Crippen LogP contribution in [0, 0.1) is 6.92 Å². The number of hydrogen-bond acceptors (Lipinski definition) is 4. The first-order valence-corrected chi connectivity index (χ1v) is 18.5. The van der Waals surface area contributed by atoms with Gasteiger partial charge in [0.2, 0.25) is 0 Å². The molecular formula is C49H42N4. The molecule has 53 heavy (non-hydrogen) atoms. The summed E-state index contributed by atoms with van der Waals surface area (Å²) in [6, 6.07) is 50.8. The van der Waals surface area contributed by atoms with Crippen molar-refractivity contribution in [2.45, 2.75) is 45.4 Å². The largest absolute Gasteiger partial charge is 0.228 e. The van der Waals surface area contributed by atoms with Crippen LogP contribution in [0.4, 0.5) is 0 Å². The van der Waals surface area contributed by atoms with Gasteiger partial charge in [-0.3, -0.25) is 0 Å². The molecule has 0 aliphatic heterocycles. The van der Waals surface area contributed by atoms with E-state index in [9.17, 15) is 0 Å². The van der Waals surface area contributed by atoms with E-state index in [0.29, 0.717) is 5.82 Å². The summed E-state index contributed by atoms with van der Waals surface area (Å²) in [5.41, 5.74) is 13.5. The lowest BCUT2D eigenvalue weighted by Crippen LogP contribution is -2.18. The van der Waals surface area contributed by atoms with Gasteiger partial charge in [0, 0.05) is 33.2 Å². The molecule has 0 saturated carbocycles. The molecule has 0 unspecified atom stereocenters. The third-order valence-corrected chi connectivity index (χ3v) is 10.3. The molecule has 1 aliphatic carbocycles. The summed E-state index contributed by atoms with van der Waals surface area (Å²) in [6.45, 7) is 6.67. The van der Waals surface area contributed by atoms with E-state index in [1.807, 2.05) is 24.3 Å². The minimum absolute atomic E-state index is 0.246. The van der Waals surface area contributed by atoms with Gasteiger partial charge in [-0.15, -0.1) is 0 Å². The Morgan fingerprint density at radius 1 is 0.472 bits per heavy atom. The van der Waals surface area contributed by atoms with Crippen LogP contribution in [0.15, 0.2) is 164 Å². The second-order valence-corrected chi connectivity index (χ2v) is 14.2. The third kappa shape index (κ3) is 7.27. The average Bonchev–Trinajstić information content (AvgIpc) is 3.52. The summed E-state index contributed by atoms with van der Waals surface area (Å²) in [4.78, 5) is 20.3. The van der Waals surface area contributed by atoms with Crippen molar-refractivity contribution in [1.82, 2.24) is 19.9 Å². The Hall–Kier alpha value is -6.26. The van der Waals surface area contributed by atoms with Crippen molar-refractivity contribution in [3.8, 4) is 56.5 Å². The van der Waals surface area contributed by atoms with E-state index in [1.54, 1.807) is 0 Å². The summed E-state index contributed by atoms with van der Waals surface area (Å²) in [5.74, 6) is 1.45. The van der Waals surface area contributed by atoms with Gasteiger partial charge in [0.15, 0.2) is 11.6 Å². The molecule has 2 aromatic heterocycles. The lowest BCUT2D eigenvalue weighted by Gasteiger charge is -2.26. The molecule has 8 rings (SSSR count). The molecular weight excluding hydrogens is 645 g/mol. The molecule has 4 heteroatoms. The number of aromatic nitrogens is 4. The number of aryl methyl sites for hydroxylation is 1. The van der Waals surface area contributed by atoms with Crippen LogP contribution in [-0.4, -0.2) is 19.9 Å². The average molecular weight is 687 g/mol. The van der Waals surface area contributed by atoms with Crippen LogP contribution in [0.25, 0.3) is 62.1 Å². The van der Waals surface area contributed by atoms with Gasteiger partial charge in [-0.1, -0.05) is 166 Å². The number of benzene rings is 5. The Balaban J connectivity index is 1.10. The van der Waals surface area contributed by atoms with Crippen molar-refractivity contribution < 1.29 is 0 Å². The van der Waals surface area contributed by atoms with E-state index in [-0.39, 0.29) is 5.41 Å². The van der Waals surface area contributed by atoms with Gasteiger partial charge in [0.1, 0.15) is 0 Å². The lowest BCUT2D eigenvalue weighted by atomic mass is 9.77. The van der Waals surface area contributed by atoms with Crippen LogP contribution in [0.1, 0.15) is 55.5 Å². The zero-order valence-electron chi connectivity index (χ0n) is 30.5. The molecule has 0 bridgehead atoms. The van der Waals surface area contributed by atoms with E-state index in [4.69, 9.17) is 19.9 Å². The van der Waals surface area contributed by atoms with E-state index in [0.717, 1.165) is 81.3 Å². The predicted octanol–water partition coefficient (Wildman–Crippen LogP) is 12.4. The van der Waals surface area contributed by atoms with Crippen LogP contribution in [0.5, 0.6) is 0 Å². The molecule has 4 nitrogen and oxygen atoms in total. The molecule has 2 heterocycles. The SMILES string of the molecule is Cc1ccccc1-c1cc(-c2ccccc2)nc(-c2ccc(C(C)(C)c3ccc(-c4nc(C5=CCCCC=C5)cc(-c5ccccc5)n4)cc3)cc2)n1. The Kier molecular flexibility index (Phi) is 9.43. The highest BCUT2D eigenvalue weighted by atomic mass is 14.9. The fourth-order valence-corrected chi connectivity index (χ4v) is 7.01. The predicted molar refractivity (Wildman–Crippen MR) is 219 cm³/mol. The van der Waals surface area contributed by atoms with E-state index in [2.05, 4.69) is 160 Å². The van der Waals surface area contributed by atoms with Gasteiger partial charge in [0.25, 0.3) is 0 Å². The number of allylic oxidation sites excluding steroid dienone is 4. The van der Waals surface area contributed by atoms with Crippen LogP contribution in [0.2, 0.25) is 0 Å². The lowest BCUT2D eigenvalue weighted by molar-refractivity contribution is 0.641. The van der Waals surface area contributed by atoms with Crippen LogP contribution >= 0.6 is 0 Å². The minimum atomic E-state index is -0.246. The van der Waals surface area contributed by atoms with Crippen LogP contribution < -0.4 is 0 Å². The Morgan fingerprint density at radius 3 is 1.53 bits per heavy atom. The highest BCUT2D eigenvalue weighted by molar-refractivity contribution is 5.77. The zero-order valence-corrected chi connectivity index (χ0v) is 30.5. The van der Waals surface area contributed by atoms with Crippen molar-refractivity contribution in [3.63, 3.8) is 0 Å². The normalized spacial score (nSPS) is 13.0. The number of nitrogens with zero attached hydrogens (tertiary/aromatic N) is 4. The molecule has 7 aromatic rings. The second kappa shape index (κ2) is 14.8. The maximum Gasteiger partial charge on any atom is 0.160 e. The smallest absolute Gasteiger partial charge is 0.160 e. The number of hydrogen-bond donors (Lipinski definition) is 0. The second-order valence-electron chi connectivity index (χ2n) is 14.2. The van der Waals surface area contributed by atoms with Crippen LogP contribution in [0.3, 0.4) is 0 Å². The first kappa shape index (κ1) is 33.9. The third-order valence-electron chi connectivity index (χ3n) is 10.3. The highest BCUT2D eigenvalue weighted by Gasteiger charge is 2.24. The summed E-state index contributed by atoms with van der Waals surface area (Å²) >= 11 is 0. The van der Waals surface area contributed by atoms with Crippen molar-refractivity contribution in [1.29, 1.82) is 0 Å². The summed E-state index contributed by atoms with van der Waals surface area (Å²) < 4.78 is 0. The van der Waals surface area contributed by atoms with Gasteiger partial charge in [0.05, 0.1) is 22.8 Å². The van der Waals surface area contributed by atoms with Gasteiger partial charge in [-0.05, 0) is 60.6 Å². The van der Waals surface area contributed by atoms with Crippen molar-refractivity contribution in [2.24, 2.45) is 0 Å². The molecule has 1 aliphatic rings. The summed E-state index contributed by atoms with van der Waals surface area (Å²) in [7, 11) is 0. The monoisotopic (exact) mass is 686 g/mol. The molecule has 0 amide bonds. The first-order chi connectivity index (χ1) is 25.9. The van der Waals surface area contributed by atoms with Gasteiger partial charge in [-0.25, -0.2) is 19.9 Å². The standard InChI is InChI=1S/C49H42N4/c1-34-16-14-15-23-42(34)46-33-45(37-21-12-7-13-22-37)52-48(53-46)39-26-30-41(31-27-39)49(2,3)40-28-24-38(25-29-40)47-50-43(35-17-8-4-5-9-18-35)32-44(51-47)36-19-10-6-11-20-36/h6-8,10-33H,4-5,9H2,1-3H3. The van der Waals surface area contributed by atoms with Crippen molar-refractivity contribution >= 4 is 5.57 Å². The number of rotatable bonds is 8. The van der Waals surface area contributed by atoms with Crippen molar-refractivity contribution in [3.05, 3.63) is 186 Å². The maximum atomic E-state index is 5.10.